The largest absolute Gasteiger partial charge is 0.319 e. The number of halogens is 2. The Labute approximate surface area is 127 Å². The van der Waals surface area contributed by atoms with Crippen molar-refractivity contribution in [2.24, 2.45) is 5.92 Å². The van der Waals surface area contributed by atoms with Gasteiger partial charge in [0.05, 0.1) is 0 Å². The maximum atomic E-state index is 13.8. The first-order chi connectivity index (χ1) is 9.45. The average Bonchev–Trinajstić information content (AvgIpc) is 2.42. The summed E-state index contributed by atoms with van der Waals surface area (Å²) in [6, 6.07) is 3.99. The van der Waals surface area contributed by atoms with Crippen molar-refractivity contribution in [1.82, 2.24) is 9.62 Å². The lowest BCUT2D eigenvalue weighted by molar-refractivity contribution is 0.263. The highest BCUT2D eigenvalue weighted by Gasteiger charge is 2.31. The molecule has 0 spiro atoms. The number of nitrogens with zero attached hydrogens (tertiary/aromatic N) is 1. The molecule has 1 aliphatic rings. The molecule has 1 heterocycles. The molecule has 0 aromatic heterocycles. The summed E-state index contributed by atoms with van der Waals surface area (Å²) < 4.78 is 40.9. The fourth-order valence-electron chi connectivity index (χ4n) is 2.51. The molecule has 0 unspecified atom stereocenters. The van der Waals surface area contributed by atoms with E-state index >= 15 is 0 Å². The number of hydrogen-bond acceptors (Lipinski definition) is 3. The highest BCUT2D eigenvalue weighted by atomic mass is 79.9. The number of piperidine rings is 1. The van der Waals surface area contributed by atoms with Gasteiger partial charge in [-0.3, -0.25) is 0 Å². The first-order valence-electron chi connectivity index (χ1n) is 6.55. The lowest BCUT2D eigenvalue weighted by atomic mass is 10.00. The zero-order chi connectivity index (χ0) is 14.8. The minimum absolute atomic E-state index is 0.253. The molecule has 1 fully saturated rings. The van der Waals surface area contributed by atoms with Crippen LogP contribution < -0.4 is 5.32 Å². The second-order valence-electron chi connectivity index (χ2n) is 5.00. The van der Waals surface area contributed by atoms with Gasteiger partial charge in [-0.05, 0) is 50.6 Å². The van der Waals surface area contributed by atoms with Gasteiger partial charge in [-0.2, -0.15) is 4.31 Å². The molecule has 1 aromatic carbocycles. The fourth-order valence-corrected chi connectivity index (χ4v) is 4.67. The van der Waals surface area contributed by atoms with Gasteiger partial charge >= 0.3 is 0 Å². The summed E-state index contributed by atoms with van der Waals surface area (Å²) in [5, 5.41) is 3.07. The second-order valence-corrected chi connectivity index (χ2v) is 7.83. The maximum absolute atomic E-state index is 13.8. The number of hydrogen-bond donors (Lipinski definition) is 1. The standard InChI is InChI=1S/C13H18BrFN2O2S/c1-16-8-10-3-2-6-17(9-10)20(18,19)13-7-11(14)4-5-12(13)15/h4-5,7,10,16H,2-3,6,8-9H2,1H3/t10-/m0/s1. The van der Waals surface area contributed by atoms with Gasteiger partial charge in [0.2, 0.25) is 10.0 Å². The van der Waals surface area contributed by atoms with Crippen LogP contribution in [0, 0.1) is 11.7 Å². The molecule has 0 aliphatic carbocycles. The first-order valence-corrected chi connectivity index (χ1v) is 8.78. The molecule has 0 bridgehead atoms. The number of benzene rings is 1. The molecule has 1 atom stereocenters. The average molecular weight is 365 g/mol. The Morgan fingerprint density at radius 1 is 1.50 bits per heavy atom. The topological polar surface area (TPSA) is 49.4 Å². The van der Waals surface area contributed by atoms with Crippen LogP contribution in [0.4, 0.5) is 4.39 Å². The molecule has 4 nitrogen and oxygen atoms in total. The van der Waals surface area contributed by atoms with Crippen molar-refractivity contribution < 1.29 is 12.8 Å². The van der Waals surface area contributed by atoms with E-state index in [4.69, 9.17) is 0 Å². The van der Waals surface area contributed by atoms with Gasteiger partial charge in [0.25, 0.3) is 0 Å². The molecule has 2 rings (SSSR count). The fraction of sp³-hybridized carbons (Fsp3) is 0.538. The van der Waals surface area contributed by atoms with E-state index in [1.807, 2.05) is 7.05 Å². The van der Waals surface area contributed by atoms with Crippen LogP contribution in [0.5, 0.6) is 0 Å². The van der Waals surface area contributed by atoms with E-state index in [0.29, 0.717) is 17.6 Å². The Bertz CT molecular complexity index is 578. The quantitative estimate of drug-likeness (QED) is 0.890. The first kappa shape index (κ1) is 15.9. The highest BCUT2D eigenvalue weighted by Crippen LogP contribution is 2.27. The van der Waals surface area contributed by atoms with Crippen molar-refractivity contribution in [3.8, 4) is 0 Å². The van der Waals surface area contributed by atoms with Crippen LogP contribution in [0.1, 0.15) is 12.8 Å². The smallest absolute Gasteiger partial charge is 0.246 e. The van der Waals surface area contributed by atoms with Gasteiger partial charge in [0.1, 0.15) is 10.7 Å². The summed E-state index contributed by atoms with van der Waals surface area (Å²) in [6.45, 7) is 1.66. The molecular formula is C13H18BrFN2O2S. The predicted molar refractivity (Wildman–Crippen MR) is 79.5 cm³/mol. The zero-order valence-electron chi connectivity index (χ0n) is 11.3. The van der Waals surface area contributed by atoms with Gasteiger partial charge in [-0.25, -0.2) is 12.8 Å². The summed E-state index contributed by atoms with van der Waals surface area (Å²) in [5.74, 6) is -0.428. The van der Waals surface area contributed by atoms with Crippen LogP contribution in [0.15, 0.2) is 27.6 Å². The monoisotopic (exact) mass is 364 g/mol. The Kier molecular flexibility index (Phi) is 5.17. The summed E-state index contributed by atoms with van der Waals surface area (Å²) in [6.07, 6.45) is 1.80. The second kappa shape index (κ2) is 6.51. The summed E-state index contributed by atoms with van der Waals surface area (Å²) in [5.41, 5.74) is 0. The van der Waals surface area contributed by atoms with Crippen LogP contribution in [0.2, 0.25) is 0 Å². The Morgan fingerprint density at radius 2 is 2.25 bits per heavy atom. The van der Waals surface area contributed by atoms with Crippen molar-refractivity contribution in [3.05, 3.63) is 28.5 Å². The van der Waals surface area contributed by atoms with Gasteiger partial charge in [0, 0.05) is 17.6 Å². The van der Waals surface area contributed by atoms with Crippen LogP contribution in [0.25, 0.3) is 0 Å². The third-order valence-electron chi connectivity index (χ3n) is 3.49. The number of rotatable bonds is 4. The Balaban J connectivity index is 2.27. The molecule has 1 saturated heterocycles. The summed E-state index contributed by atoms with van der Waals surface area (Å²) in [4.78, 5) is -0.253. The molecule has 1 N–H and O–H groups in total. The lowest BCUT2D eigenvalue weighted by Crippen LogP contribution is -2.42. The Hall–Kier alpha value is -0.500. The van der Waals surface area contributed by atoms with Gasteiger partial charge < -0.3 is 5.32 Å². The van der Waals surface area contributed by atoms with E-state index in [9.17, 15) is 12.8 Å². The van der Waals surface area contributed by atoms with Gasteiger partial charge in [0.15, 0.2) is 0 Å². The number of nitrogens with one attached hydrogen (secondary N) is 1. The third-order valence-corrected chi connectivity index (χ3v) is 5.86. The summed E-state index contributed by atoms with van der Waals surface area (Å²) in [7, 11) is -1.92. The minimum atomic E-state index is -3.77. The SMILES string of the molecule is CNC[C@@H]1CCCN(S(=O)(=O)c2cc(Br)ccc2F)C1. The van der Waals surface area contributed by atoms with Crippen LogP contribution in [-0.2, 0) is 10.0 Å². The molecule has 7 heteroatoms. The maximum Gasteiger partial charge on any atom is 0.246 e. The van der Waals surface area contributed by atoms with E-state index in [1.165, 1.54) is 22.5 Å². The van der Waals surface area contributed by atoms with Gasteiger partial charge in [-0.15, -0.1) is 0 Å². The van der Waals surface area contributed by atoms with Crippen molar-refractivity contribution >= 4 is 26.0 Å². The van der Waals surface area contributed by atoms with Crippen molar-refractivity contribution in [2.45, 2.75) is 17.7 Å². The number of sulfonamides is 1. The van der Waals surface area contributed by atoms with E-state index in [1.54, 1.807) is 0 Å². The molecule has 0 amide bonds. The molecule has 20 heavy (non-hydrogen) atoms. The zero-order valence-corrected chi connectivity index (χ0v) is 13.7. The van der Waals surface area contributed by atoms with Crippen LogP contribution in [0.3, 0.4) is 0 Å². The lowest BCUT2D eigenvalue weighted by Gasteiger charge is -2.31. The van der Waals surface area contributed by atoms with E-state index in [2.05, 4.69) is 21.2 Å². The van der Waals surface area contributed by atoms with Crippen LogP contribution >= 0.6 is 15.9 Å². The van der Waals surface area contributed by atoms with E-state index < -0.39 is 15.8 Å². The van der Waals surface area contributed by atoms with Crippen molar-refractivity contribution in [1.29, 1.82) is 0 Å². The van der Waals surface area contributed by atoms with E-state index in [0.717, 1.165) is 19.4 Å². The minimum Gasteiger partial charge on any atom is -0.319 e. The summed E-state index contributed by atoms with van der Waals surface area (Å²) >= 11 is 3.19. The van der Waals surface area contributed by atoms with Crippen molar-refractivity contribution in [3.63, 3.8) is 0 Å². The normalized spacial score (nSPS) is 21.1. The van der Waals surface area contributed by atoms with Crippen LogP contribution in [-0.4, -0.2) is 39.4 Å². The Morgan fingerprint density at radius 3 is 2.95 bits per heavy atom. The molecule has 1 aromatic rings. The van der Waals surface area contributed by atoms with Gasteiger partial charge in [-0.1, -0.05) is 15.9 Å². The molecule has 112 valence electrons. The van der Waals surface area contributed by atoms with E-state index in [-0.39, 0.29) is 10.8 Å². The highest BCUT2D eigenvalue weighted by molar-refractivity contribution is 9.10. The molecule has 1 aliphatic heterocycles. The molecule has 0 radical (unpaired) electrons. The molecular weight excluding hydrogens is 347 g/mol. The third kappa shape index (κ3) is 3.39. The van der Waals surface area contributed by atoms with Crippen molar-refractivity contribution in [2.75, 3.05) is 26.7 Å². The predicted octanol–water partition coefficient (Wildman–Crippen LogP) is 2.21. The molecule has 0 saturated carbocycles.